The summed E-state index contributed by atoms with van der Waals surface area (Å²) in [5.74, 6) is -0.958. The van der Waals surface area contributed by atoms with Crippen LogP contribution in [-0.2, 0) is 13.1 Å². The smallest absolute Gasteiger partial charge is 0.335 e. The van der Waals surface area contributed by atoms with Gasteiger partial charge in [0.15, 0.2) is 0 Å². The summed E-state index contributed by atoms with van der Waals surface area (Å²) < 4.78 is 18.7. The number of carboxylic acid groups (broad SMARTS) is 1. The molecule has 0 saturated carbocycles. The summed E-state index contributed by atoms with van der Waals surface area (Å²) in [5, 5.41) is 12.0. The zero-order chi connectivity index (χ0) is 16.1. The van der Waals surface area contributed by atoms with Crippen molar-refractivity contribution in [2.24, 2.45) is 0 Å². The molecule has 116 valence electrons. The van der Waals surface area contributed by atoms with Crippen molar-refractivity contribution < 1.29 is 19.0 Å². The quantitative estimate of drug-likeness (QED) is 0.858. The maximum atomic E-state index is 13.7. The highest BCUT2D eigenvalue weighted by Gasteiger charge is 2.08. The number of ether oxygens (including phenoxy) is 1. The minimum absolute atomic E-state index is 0.0699. The highest BCUT2D eigenvalue weighted by molar-refractivity contribution is 5.87. The van der Waals surface area contributed by atoms with Gasteiger partial charge in [0.2, 0.25) is 5.88 Å². The maximum Gasteiger partial charge on any atom is 0.335 e. The summed E-state index contributed by atoms with van der Waals surface area (Å²) in [6.07, 6.45) is 1.70. The number of aromatic carboxylic acids is 1. The number of aromatic nitrogens is 1. The van der Waals surface area contributed by atoms with Crippen LogP contribution in [0.25, 0.3) is 0 Å². The normalized spacial score (nSPS) is 10.5. The Morgan fingerprint density at radius 1 is 1.32 bits per heavy atom. The van der Waals surface area contributed by atoms with E-state index in [-0.39, 0.29) is 12.1 Å². The number of nitrogens with one attached hydrogen (secondary N) is 1. The molecule has 2 rings (SSSR count). The predicted molar refractivity (Wildman–Crippen MR) is 79.4 cm³/mol. The zero-order valence-corrected chi connectivity index (χ0v) is 12.4. The van der Waals surface area contributed by atoms with Crippen molar-refractivity contribution in [2.45, 2.75) is 20.0 Å². The van der Waals surface area contributed by atoms with Crippen LogP contribution in [-0.4, -0.2) is 23.2 Å². The maximum absolute atomic E-state index is 13.7. The minimum atomic E-state index is -1.07. The molecule has 0 spiro atoms. The van der Waals surface area contributed by atoms with Crippen LogP contribution < -0.4 is 10.1 Å². The molecule has 1 aromatic heterocycles. The fraction of sp³-hybridized carbons (Fsp3) is 0.250. The Morgan fingerprint density at radius 2 is 2.05 bits per heavy atom. The number of rotatable bonds is 6. The fourth-order valence-corrected chi connectivity index (χ4v) is 2.03. The Balaban J connectivity index is 2.02. The lowest BCUT2D eigenvalue weighted by Crippen LogP contribution is -2.15. The van der Waals surface area contributed by atoms with Crippen LogP contribution in [0.2, 0.25) is 0 Å². The van der Waals surface area contributed by atoms with E-state index in [1.165, 1.54) is 18.2 Å². The summed E-state index contributed by atoms with van der Waals surface area (Å²) in [5.41, 5.74) is 2.37. The van der Waals surface area contributed by atoms with Crippen molar-refractivity contribution in [3.63, 3.8) is 0 Å². The highest BCUT2D eigenvalue weighted by atomic mass is 19.1. The number of halogens is 1. The summed E-state index contributed by atoms with van der Waals surface area (Å²) in [7, 11) is 1.55. The second-order valence-electron chi connectivity index (χ2n) is 4.87. The van der Waals surface area contributed by atoms with Gasteiger partial charge in [0.25, 0.3) is 0 Å². The Labute approximate surface area is 127 Å². The fourth-order valence-electron chi connectivity index (χ4n) is 2.03. The third kappa shape index (κ3) is 3.79. The average molecular weight is 304 g/mol. The molecule has 0 aliphatic heterocycles. The van der Waals surface area contributed by atoms with Gasteiger partial charge in [0.1, 0.15) is 5.82 Å². The van der Waals surface area contributed by atoms with Gasteiger partial charge in [-0.2, -0.15) is 0 Å². The standard InChI is InChI=1S/C16H17FN2O3/c1-10-5-15(22-2)19-9-13(10)8-18-7-12-6-11(16(20)21)3-4-14(12)17/h3-6,9,18H,7-8H2,1-2H3,(H,20,21). The molecule has 0 bridgehead atoms. The minimum Gasteiger partial charge on any atom is -0.481 e. The number of pyridine rings is 1. The Hall–Kier alpha value is -2.47. The van der Waals surface area contributed by atoms with Gasteiger partial charge in [-0.1, -0.05) is 0 Å². The molecule has 6 heteroatoms. The van der Waals surface area contributed by atoms with Gasteiger partial charge in [-0.3, -0.25) is 0 Å². The summed E-state index contributed by atoms with van der Waals surface area (Å²) in [4.78, 5) is 15.0. The van der Waals surface area contributed by atoms with E-state index in [4.69, 9.17) is 9.84 Å². The number of methoxy groups -OCH3 is 1. The molecule has 2 N–H and O–H groups in total. The van der Waals surface area contributed by atoms with E-state index in [1.807, 2.05) is 13.0 Å². The summed E-state index contributed by atoms with van der Waals surface area (Å²) in [6, 6.07) is 5.58. The average Bonchev–Trinajstić information content (AvgIpc) is 2.50. The highest BCUT2D eigenvalue weighted by Crippen LogP contribution is 2.14. The Kier molecular flexibility index (Phi) is 5.06. The first-order chi connectivity index (χ1) is 10.5. The molecule has 0 aliphatic carbocycles. The molecule has 1 heterocycles. The molecule has 5 nitrogen and oxygen atoms in total. The monoisotopic (exact) mass is 304 g/mol. The van der Waals surface area contributed by atoms with E-state index in [1.54, 1.807) is 13.3 Å². The first-order valence-corrected chi connectivity index (χ1v) is 6.73. The predicted octanol–water partition coefficient (Wildman–Crippen LogP) is 2.53. The van der Waals surface area contributed by atoms with Crippen molar-refractivity contribution in [1.82, 2.24) is 10.3 Å². The van der Waals surface area contributed by atoms with Gasteiger partial charge in [0, 0.05) is 30.9 Å². The number of hydrogen-bond acceptors (Lipinski definition) is 4. The molecule has 0 saturated heterocycles. The van der Waals surface area contributed by atoms with Gasteiger partial charge < -0.3 is 15.2 Å². The number of benzene rings is 1. The number of carbonyl (C=O) groups is 1. The van der Waals surface area contributed by atoms with Gasteiger partial charge >= 0.3 is 5.97 Å². The van der Waals surface area contributed by atoms with E-state index in [2.05, 4.69) is 10.3 Å². The van der Waals surface area contributed by atoms with E-state index >= 15 is 0 Å². The SMILES string of the molecule is COc1cc(C)c(CNCc2cc(C(=O)O)ccc2F)cn1. The van der Waals surface area contributed by atoms with Crippen molar-refractivity contribution in [3.05, 3.63) is 58.5 Å². The molecule has 0 atom stereocenters. The number of carboxylic acids is 1. The van der Waals surface area contributed by atoms with Crippen LogP contribution in [0.15, 0.2) is 30.5 Å². The van der Waals surface area contributed by atoms with E-state index in [0.717, 1.165) is 11.1 Å². The van der Waals surface area contributed by atoms with Crippen LogP contribution in [0.5, 0.6) is 5.88 Å². The zero-order valence-electron chi connectivity index (χ0n) is 12.4. The molecule has 0 radical (unpaired) electrons. The van der Waals surface area contributed by atoms with E-state index in [0.29, 0.717) is 18.0 Å². The van der Waals surface area contributed by atoms with Gasteiger partial charge in [0.05, 0.1) is 12.7 Å². The lowest BCUT2D eigenvalue weighted by atomic mass is 10.1. The molecule has 0 aliphatic rings. The first-order valence-electron chi connectivity index (χ1n) is 6.73. The molecular formula is C16H17FN2O3. The molecule has 0 fully saturated rings. The van der Waals surface area contributed by atoms with Gasteiger partial charge in [-0.05, 0) is 36.2 Å². The largest absolute Gasteiger partial charge is 0.481 e. The third-order valence-corrected chi connectivity index (χ3v) is 3.33. The van der Waals surface area contributed by atoms with Crippen molar-refractivity contribution in [1.29, 1.82) is 0 Å². The van der Waals surface area contributed by atoms with Gasteiger partial charge in [-0.15, -0.1) is 0 Å². The van der Waals surface area contributed by atoms with E-state index < -0.39 is 11.8 Å². The van der Waals surface area contributed by atoms with E-state index in [9.17, 15) is 9.18 Å². The molecule has 0 unspecified atom stereocenters. The second kappa shape index (κ2) is 7.00. The first kappa shape index (κ1) is 15.9. The van der Waals surface area contributed by atoms with Crippen molar-refractivity contribution in [3.8, 4) is 5.88 Å². The Bertz CT molecular complexity index is 689. The van der Waals surface area contributed by atoms with Crippen LogP contribution >= 0.6 is 0 Å². The van der Waals surface area contributed by atoms with Crippen LogP contribution in [0.1, 0.15) is 27.0 Å². The van der Waals surface area contributed by atoms with Crippen LogP contribution in [0.3, 0.4) is 0 Å². The van der Waals surface area contributed by atoms with Crippen LogP contribution in [0.4, 0.5) is 4.39 Å². The van der Waals surface area contributed by atoms with Crippen LogP contribution in [0, 0.1) is 12.7 Å². The number of nitrogens with zero attached hydrogens (tertiary/aromatic N) is 1. The summed E-state index contributed by atoms with van der Waals surface area (Å²) in [6.45, 7) is 2.67. The second-order valence-corrected chi connectivity index (χ2v) is 4.87. The Morgan fingerprint density at radius 3 is 2.68 bits per heavy atom. The lowest BCUT2D eigenvalue weighted by molar-refractivity contribution is 0.0696. The number of hydrogen-bond donors (Lipinski definition) is 2. The molecular weight excluding hydrogens is 287 g/mol. The summed E-state index contributed by atoms with van der Waals surface area (Å²) >= 11 is 0. The molecule has 0 amide bonds. The van der Waals surface area contributed by atoms with Crippen molar-refractivity contribution >= 4 is 5.97 Å². The van der Waals surface area contributed by atoms with Gasteiger partial charge in [-0.25, -0.2) is 14.2 Å². The lowest BCUT2D eigenvalue weighted by Gasteiger charge is -2.10. The topological polar surface area (TPSA) is 71.5 Å². The third-order valence-electron chi connectivity index (χ3n) is 3.33. The molecule has 1 aromatic carbocycles. The number of aryl methyl sites for hydroxylation is 1. The molecule has 2 aromatic rings. The molecule has 22 heavy (non-hydrogen) atoms. The van der Waals surface area contributed by atoms with Crippen molar-refractivity contribution in [2.75, 3.05) is 7.11 Å².